The largest absolute Gasteiger partial charge is 0.409 e. The molecule has 2 unspecified atom stereocenters. The van der Waals surface area contributed by atoms with Gasteiger partial charge < -0.3 is 16.3 Å². The zero-order chi connectivity index (χ0) is 15.1. The maximum atomic E-state index is 11.7. The Labute approximate surface area is 120 Å². The van der Waals surface area contributed by atoms with Crippen LogP contribution in [0.5, 0.6) is 0 Å². The average Bonchev–Trinajstić information content (AvgIpc) is 2.44. The topological polar surface area (TPSA) is 105 Å². The minimum atomic E-state index is -0.948. The lowest BCUT2D eigenvalue weighted by Crippen LogP contribution is -2.33. The molecule has 0 radical (unpaired) electrons. The van der Waals surface area contributed by atoms with Crippen molar-refractivity contribution in [3.8, 4) is 0 Å². The highest BCUT2D eigenvalue weighted by Gasteiger charge is 2.09. The second-order valence-electron chi connectivity index (χ2n) is 4.47. The van der Waals surface area contributed by atoms with Crippen molar-refractivity contribution >= 4 is 22.5 Å². The molecule has 0 saturated heterocycles. The first kappa shape index (κ1) is 16.2. The third-order valence-corrected chi connectivity index (χ3v) is 4.18. The van der Waals surface area contributed by atoms with Crippen LogP contribution in [0.4, 0.5) is 0 Å². The normalized spacial score (nSPS) is 14.6. The van der Waals surface area contributed by atoms with Gasteiger partial charge in [-0.25, -0.2) is 0 Å². The van der Waals surface area contributed by atoms with Gasteiger partial charge in [0.1, 0.15) is 0 Å². The number of hydrogen-bond donors (Lipinski definition) is 3. The number of nitrogens with one attached hydrogen (secondary N) is 1. The van der Waals surface area contributed by atoms with E-state index in [2.05, 4.69) is 10.5 Å². The van der Waals surface area contributed by atoms with Gasteiger partial charge in [-0.15, -0.1) is 0 Å². The van der Waals surface area contributed by atoms with Gasteiger partial charge in [-0.05, 0) is 12.5 Å². The summed E-state index contributed by atoms with van der Waals surface area (Å²) in [5, 5.41) is 14.1. The van der Waals surface area contributed by atoms with Crippen molar-refractivity contribution in [2.24, 2.45) is 10.9 Å². The smallest absolute Gasteiger partial charge is 0.224 e. The van der Waals surface area contributed by atoms with E-state index in [0.717, 1.165) is 5.56 Å². The van der Waals surface area contributed by atoms with Gasteiger partial charge in [0.05, 0.1) is 6.42 Å². The molecule has 1 amide bonds. The van der Waals surface area contributed by atoms with Crippen molar-refractivity contribution in [2.45, 2.75) is 18.6 Å². The van der Waals surface area contributed by atoms with Crippen LogP contribution < -0.4 is 11.1 Å². The van der Waals surface area contributed by atoms with E-state index in [0.29, 0.717) is 12.1 Å². The fourth-order valence-electron chi connectivity index (χ4n) is 1.47. The van der Waals surface area contributed by atoms with Gasteiger partial charge >= 0.3 is 0 Å². The van der Waals surface area contributed by atoms with Crippen LogP contribution in [0.25, 0.3) is 0 Å². The Bertz CT molecular complexity index is 514. The third kappa shape index (κ3) is 5.00. The van der Waals surface area contributed by atoms with Crippen LogP contribution in [-0.2, 0) is 22.0 Å². The van der Waals surface area contributed by atoms with Gasteiger partial charge in [-0.3, -0.25) is 9.00 Å². The molecule has 2 atom stereocenters. The summed E-state index contributed by atoms with van der Waals surface area (Å²) < 4.78 is 11.2. The number of amidine groups is 1. The zero-order valence-corrected chi connectivity index (χ0v) is 12.3. The van der Waals surface area contributed by atoms with Crippen LogP contribution in [-0.4, -0.2) is 39.2 Å². The van der Waals surface area contributed by atoms with Gasteiger partial charge in [0.25, 0.3) is 0 Å². The van der Waals surface area contributed by atoms with Gasteiger partial charge in [0.2, 0.25) is 5.91 Å². The summed E-state index contributed by atoms with van der Waals surface area (Å²) in [6.45, 7) is 2.21. The molecule has 0 aliphatic rings. The van der Waals surface area contributed by atoms with Crippen molar-refractivity contribution in [3.05, 3.63) is 35.4 Å². The van der Waals surface area contributed by atoms with E-state index < -0.39 is 10.8 Å². The molecule has 0 aliphatic heterocycles. The van der Waals surface area contributed by atoms with E-state index in [9.17, 15) is 9.00 Å². The Morgan fingerprint density at radius 1 is 1.45 bits per heavy atom. The van der Waals surface area contributed by atoms with E-state index in [1.165, 1.54) is 0 Å². The highest BCUT2D eigenvalue weighted by molar-refractivity contribution is 7.84. The second-order valence-corrected chi connectivity index (χ2v) is 6.27. The molecule has 0 heterocycles. The van der Waals surface area contributed by atoms with Gasteiger partial charge in [0, 0.05) is 34.4 Å². The van der Waals surface area contributed by atoms with Crippen LogP contribution >= 0.6 is 0 Å². The monoisotopic (exact) mass is 297 g/mol. The number of amides is 1. The van der Waals surface area contributed by atoms with Crippen molar-refractivity contribution < 1.29 is 14.2 Å². The van der Waals surface area contributed by atoms with Crippen molar-refractivity contribution in [1.82, 2.24) is 5.32 Å². The first-order valence-electron chi connectivity index (χ1n) is 6.09. The molecule has 1 rings (SSSR count). The van der Waals surface area contributed by atoms with E-state index in [1.807, 2.05) is 6.92 Å². The van der Waals surface area contributed by atoms with Crippen LogP contribution in [0.15, 0.2) is 29.4 Å². The first-order valence-corrected chi connectivity index (χ1v) is 7.72. The summed E-state index contributed by atoms with van der Waals surface area (Å²) in [4.78, 5) is 11.7. The van der Waals surface area contributed by atoms with Crippen LogP contribution in [0.1, 0.15) is 18.1 Å². The maximum Gasteiger partial charge on any atom is 0.224 e. The fourth-order valence-corrected chi connectivity index (χ4v) is 1.79. The summed E-state index contributed by atoms with van der Waals surface area (Å²) in [7, 11) is -0.948. The highest BCUT2D eigenvalue weighted by Crippen LogP contribution is 2.05. The Hall–Kier alpha value is -1.89. The Kier molecular flexibility index (Phi) is 6.17. The number of hydrogen-bond acceptors (Lipinski definition) is 4. The molecule has 110 valence electrons. The number of carbonyl (C=O) groups excluding carboxylic acids is 1. The van der Waals surface area contributed by atoms with Gasteiger partial charge in [0.15, 0.2) is 5.84 Å². The minimum absolute atomic E-state index is 0.0280. The predicted molar refractivity (Wildman–Crippen MR) is 79.2 cm³/mol. The molecule has 0 fully saturated rings. The van der Waals surface area contributed by atoms with Crippen molar-refractivity contribution in [2.75, 3.05) is 12.8 Å². The van der Waals surface area contributed by atoms with Crippen LogP contribution in [0, 0.1) is 0 Å². The second kappa shape index (κ2) is 7.64. The lowest BCUT2D eigenvalue weighted by atomic mass is 10.1. The zero-order valence-electron chi connectivity index (χ0n) is 11.5. The molecule has 0 aromatic heterocycles. The van der Waals surface area contributed by atoms with Crippen molar-refractivity contribution in [1.29, 1.82) is 0 Å². The number of nitrogens with zero attached hydrogens (tertiary/aromatic N) is 1. The predicted octanol–water partition coefficient (Wildman–Crippen LogP) is 0.207. The van der Waals surface area contributed by atoms with E-state index >= 15 is 0 Å². The summed E-state index contributed by atoms with van der Waals surface area (Å²) in [6, 6.07) is 6.85. The Morgan fingerprint density at radius 3 is 2.55 bits per heavy atom. The van der Waals surface area contributed by atoms with E-state index in [4.69, 9.17) is 10.9 Å². The molecule has 0 saturated carbocycles. The highest BCUT2D eigenvalue weighted by atomic mass is 32.2. The minimum Gasteiger partial charge on any atom is -0.409 e. The number of oxime groups is 1. The fraction of sp³-hybridized carbons (Fsp3) is 0.385. The maximum absolute atomic E-state index is 11.7. The molecule has 0 spiro atoms. The number of benzene rings is 1. The molecular weight excluding hydrogens is 278 g/mol. The summed E-state index contributed by atoms with van der Waals surface area (Å²) in [5.41, 5.74) is 6.86. The quantitative estimate of drug-likeness (QED) is 0.302. The molecule has 6 nitrogen and oxygen atoms in total. The molecule has 7 heteroatoms. The van der Waals surface area contributed by atoms with E-state index in [-0.39, 0.29) is 23.4 Å². The molecule has 0 bridgehead atoms. The number of nitrogens with two attached hydrogens (primary N) is 1. The molecule has 20 heavy (non-hydrogen) atoms. The van der Waals surface area contributed by atoms with Gasteiger partial charge in [-0.2, -0.15) is 0 Å². The first-order chi connectivity index (χ1) is 9.43. The van der Waals surface area contributed by atoms with Crippen LogP contribution in [0.3, 0.4) is 0 Å². The third-order valence-electron chi connectivity index (χ3n) is 2.88. The Morgan fingerprint density at radius 2 is 2.05 bits per heavy atom. The summed E-state index contributed by atoms with van der Waals surface area (Å²) in [5.74, 6) is -0.0981. The molecule has 1 aromatic carbocycles. The number of rotatable bonds is 6. The summed E-state index contributed by atoms with van der Waals surface area (Å²) >= 11 is 0. The van der Waals surface area contributed by atoms with Gasteiger partial charge in [-0.1, -0.05) is 29.4 Å². The lowest BCUT2D eigenvalue weighted by Gasteiger charge is -2.10. The molecule has 4 N–H and O–H groups in total. The molecular formula is C13H19N3O3S. The number of carbonyl (C=O) groups is 1. The molecule has 0 aliphatic carbocycles. The SMILES string of the molecule is CC(CNC(=O)Cc1ccc(/C(N)=N/O)cc1)S(C)=O. The lowest BCUT2D eigenvalue weighted by molar-refractivity contribution is -0.120. The Balaban J connectivity index is 2.52. The summed E-state index contributed by atoms with van der Waals surface area (Å²) in [6.07, 6.45) is 1.85. The van der Waals surface area contributed by atoms with Crippen molar-refractivity contribution in [3.63, 3.8) is 0 Å². The standard InChI is InChI=1S/C13H19N3O3S/c1-9(20(2)19)8-15-12(17)7-10-3-5-11(6-4-10)13(14)16-18/h3-6,9,18H,7-8H2,1-2H3,(H2,14,16)(H,15,17). The average molecular weight is 297 g/mol. The van der Waals surface area contributed by atoms with Crippen LogP contribution in [0.2, 0.25) is 0 Å². The van der Waals surface area contributed by atoms with E-state index in [1.54, 1.807) is 30.5 Å². The molecule has 1 aromatic rings.